The van der Waals surface area contributed by atoms with Crippen LogP contribution >= 0.6 is 0 Å². The summed E-state index contributed by atoms with van der Waals surface area (Å²) in [5.74, 6) is 0.831. The molecule has 0 fully saturated rings. The topological polar surface area (TPSA) is 111 Å². The molecule has 0 aliphatic rings. The number of para-hydroxylation sites is 1. The highest BCUT2D eigenvalue weighted by Gasteiger charge is 2.20. The Kier molecular flexibility index (Phi) is 5.05. The van der Waals surface area contributed by atoms with Crippen molar-refractivity contribution in [2.45, 2.75) is 13.3 Å². The molecule has 0 spiro atoms. The summed E-state index contributed by atoms with van der Waals surface area (Å²) < 4.78 is 8.97. The zero-order chi connectivity index (χ0) is 21.3. The number of benzene rings is 1. The van der Waals surface area contributed by atoms with Gasteiger partial charge in [-0.2, -0.15) is 10.2 Å². The molecule has 2 N–H and O–H groups in total. The number of imidazole rings is 1. The summed E-state index contributed by atoms with van der Waals surface area (Å²) in [6.07, 6.45) is 5.75. The fourth-order valence-corrected chi connectivity index (χ4v) is 3.21. The van der Waals surface area contributed by atoms with Crippen LogP contribution in [0.5, 0.6) is 5.75 Å². The maximum Gasteiger partial charge on any atom is 0.254 e. The fraction of sp³-hybridized carbons (Fsp3) is 0.250. The number of rotatable bonds is 6. The zero-order valence-electron chi connectivity index (χ0n) is 17.2. The van der Waals surface area contributed by atoms with Crippen molar-refractivity contribution in [2.75, 3.05) is 19.5 Å². The number of carbonyl (C=O) groups excluding carboxylic acids is 1. The van der Waals surface area contributed by atoms with Crippen LogP contribution in [0.4, 0.5) is 11.4 Å². The van der Waals surface area contributed by atoms with Gasteiger partial charge in [0.05, 0.1) is 47.7 Å². The van der Waals surface area contributed by atoms with E-state index in [4.69, 9.17) is 4.74 Å². The van der Waals surface area contributed by atoms with Gasteiger partial charge in [-0.05, 0) is 18.6 Å². The van der Waals surface area contributed by atoms with E-state index in [9.17, 15) is 4.79 Å². The Hall–Kier alpha value is -3.95. The van der Waals surface area contributed by atoms with Crippen LogP contribution in [0.25, 0.3) is 17.0 Å². The molecule has 1 amide bonds. The van der Waals surface area contributed by atoms with Crippen LogP contribution in [0, 0.1) is 0 Å². The third-order valence-corrected chi connectivity index (χ3v) is 4.70. The Labute approximate surface area is 172 Å². The van der Waals surface area contributed by atoms with Gasteiger partial charge in [0.25, 0.3) is 5.91 Å². The van der Waals surface area contributed by atoms with Crippen molar-refractivity contribution in [3.8, 4) is 17.1 Å². The molecule has 3 aromatic heterocycles. The van der Waals surface area contributed by atoms with E-state index in [1.54, 1.807) is 36.7 Å². The molecule has 0 saturated heterocycles. The lowest BCUT2D eigenvalue weighted by Crippen LogP contribution is -2.20. The lowest BCUT2D eigenvalue weighted by Gasteiger charge is -2.16. The van der Waals surface area contributed by atoms with Crippen LogP contribution in [0.15, 0.2) is 36.9 Å². The summed E-state index contributed by atoms with van der Waals surface area (Å²) in [4.78, 5) is 21.5. The van der Waals surface area contributed by atoms with Crippen LogP contribution in [0.3, 0.4) is 0 Å². The van der Waals surface area contributed by atoms with Crippen LogP contribution in [0.1, 0.15) is 23.0 Å². The molecule has 0 aliphatic carbocycles. The average molecular weight is 406 g/mol. The van der Waals surface area contributed by atoms with Gasteiger partial charge < -0.3 is 15.4 Å². The highest BCUT2D eigenvalue weighted by Crippen LogP contribution is 2.37. The molecule has 10 nitrogen and oxygen atoms in total. The Morgan fingerprint density at radius 1 is 1.30 bits per heavy atom. The predicted molar refractivity (Wildman–Crippen MR) is 112 cm³/mol. The molecule has 0 atom stereocenters. The first-order chi connectivity index (χ1) is 14.5. The summed E-state index contributed by atoms with van der Waals surface area (Å²) >= 11 is 0. The monoisotopic (exact) mass is 406 g/mol. The lowest BCUT2D eigenvalue weighted by atomic mass is 10.1. The quantitative estimate of drug-likeness (QED) is 0.505. The van der Waals surface area contributed by atoms with Crippen molar-refractivity contribution in [1.29, 1.82) is 0 Å². The molecule has 0 unspecified atom stereocenters. The maximum atomic E-state index is 12.5. The van der Waals surface area contributed by atoms with Crippen LogP contribution in [-0.4, -0.2) is 49.4 Å². The minimum absolute atomic E-state index is 0.268. The molecule has 0 bridgehead atoms. The van der Waals surface area contributed by atoms with Gasteiger partial charge in [-0.15, -0.1) is 0 Å². The molecule has 3 heterocycles. The second-order valence-corrected chi connectivity index (χ2v) is 6.62. The van der Waals surface area contributed by atoms with Crippen LogP contribution < -0.4 is 15.4 Å². The molecular formula is C20H22N8O2. The lowest BCUT2D eigenvalue weighted by molar-refractivity contribution is 0.0963. The van der Waals surface area contributed by atoms with E-state index < -0.39 is 0 Å². The third-order valence-electron chi connectivity index (χ3n) is 4.70. The molecule has 0 saturated carbocycles. The number of nitrogens with zero attached hydrogens (tertiary/aromatic N) is 6. The van der Waals surface area contributed by atoms with Gasteiger partial charge in [0.2, 0.25) is 0 Å². The van der Waals surface area contributed by atoms with Gasteiger partial charge in [0, 0.05) is 14.1 Å². The Balaban J connectivity index is 1.88. The van der Waals surface area contributed by atoms with Crippen molar-refractivity contribution in [1.82, 2.24) is 34.7 Å². The van der Waals surface area contributed by atoms with E-state index in [1.165, 1.54) is 6.20 Å². The third kappa shape index (κ3) is 3.32. The molecule has 0 radical (unpaired) electrons. The molecule has 154 valence electrons. The van der Waals surface area contributed by atoms with Crippen molar-refractivity contribution >= 4 is 22.9 Å². The number of nitrogens with one attached hydrogen (secondary N) is 2. The SMILES string of the molecule is CCc1cn2ncc(C(=O)NC)c(Nc3cccc(-c4ncn(C)n4)c3OC)c2n1. The van der Waals surface area contributed by atoms with E-state index in [2.05, 4.69) is 30.8 Å². The first-order valence-corrected chi connectivity index (χ1v) is 9.45. The van der Waals surface area contributed by atoms with Gasteiger partial charge in [0.1, 0.15) is 6.33 Å². The number of ether oxygens (including phenoxy) is 1. The van der Waals surface area contributed by atoms with Gasteiger partial charge in [-0.1, -0.05) is 13.0 Å². The van der Waals surface area contributed by atoms with Crippen LogP contribution in [0.2, 0.25) is 0 Å². The molecule has 0 aliphatic heterocycles. The Bertz CT molecular complexity index is 1230. The molecule has 10 heteroatoms. The van der Waals surface area contributed by atoms with Gasteiger partial charge in [0.15, 0.2) is 17.2 Å². The number of hydrogen-bond acceptors (Lipinski definition) is 7. The van der Waals surface area contributed by atoms with E-state index in [-0.39, 0.29) is 5.91 Å². The Morgan fingerprint density at radius 3 is 2.80 bits per heavy atom. The number of carbonyl (C=O) groups is 1. The summed E-state index contributed by atoms with van der Waals surface area (Å²) in [5.41, 5.74) is 3.72. The maximum absolute atomic E-state index is 12.5. The Morgan fingerprint density at radius 2 is 2.13 bits per heavy atom. The highest BCUT2D eigenvalue weighted by atomic mass is 16.5. The van der Waals surface area contributed by atoms with Gasteiger partial charge in [-0.25, -0.2) is 14.5 Å². The first kappa shape index (κ1) is 19.4. The number of methoxy groups -OCH3 is 1. The predicted octanol–water partition coefficient (Wildman–Crippen LogP) is 2.20. The normalized spacial score (nSPS) is 10.9. The van der Waals surface area contributed by atoms with Crippen molar-refractivity contribution < 1.29 is 9.53 Å². The number of amides is 1. The first-order valence-electron chi connectivity index (χ1n) is 9.45. The number of anilines is 2. The highest BCUT2D eigenvalue weighted by molar-refractivity contribution is 6.03. The zero-order valence-corrected chi connectivity index (χ0v) is 17.2. The van der Waals surface area contributed by atoms with E-state index in [0.29, 0.717) is 34.2 Å². The number of aromatic nitrogens is 6. The minimum Gasteiger partial charge on any atom is -0.494 e. The molecular weight excluding hydrogens is 384 g/mol. The number of fused-ring (bicyclic) bond motifs is 1. The average Bonchev–Trinajstić information content (AvgIpc) is 3.39. The van der Waals surface area contributed by atoms with Crippen LogP contribution in [-0.2, 0) is 13.5 Å². The second kappa shape index (κ2) is 7.82. The summed E-state index contributed by atoms with van der Waals surface area (Å²) in [6, 6.07) is 5.61. The molecule has 4 aromatic rings. The fourth-order valence-electron chi connectivity index (χ4n) is 3.21. The standard InChI is InChI=1S/C20H22N8O2/c1-5-12-10-28-19(24-12)16(14(9-23-28)20(29)21-2)25-15-8-6-7-13(17(15)30-4)18-22-11-27(3)26-18/h6-11,25H,5H2,1-4H3,(H,21,29). The van der Waals surface area contributed by atoms with Crippen molar-refractivity contribution in [2.24, 2.45) is 7.05 Å². The van der Waals surface area contributed by atoms with E-state index >= 15 is 0 Å². The van der Waals surface area contributed by atoms with E-state index in [0.717, 1.165) is 17.7 Å². The summed E-state index contributed by atoms with van der Waals surface area (Å²) in [6.45, 7) is 2.01. The van der Waals surface area contributed by atoms with Gasteiger partial charge >= 0.3 is 0 Å². The largest absolute Gasteiger partial charge is 0.494 e. The van der Waals surface area contributed by atoms with Crippen molar-refractivity contribution in [3.63, 3.8) is 0 Å². The van der Waals surface area contributed by atoms with Crippen molar-refractivity contribution in [3.05, 3.63) is 48.2 Å². The van der Waals surface area contributed by atoms with Gasteiger partial charge in [-0.3, -0.25) is 9.48 Å². The summed E-state index contributed by atoms with van der Waals surface area (Å²) in [7, 11) is 4.96. The smallest absolute Gasteiger partial charge is 0.254 e. The molecule has 4 rings (SSSR count). The van der Waals surface area contributed by atoms with E-state index in [1.807, 2.05) is 31.3 Å². The second-order valence-electron chi connectivity index (χ2n) is 6.62. The number of aryl methyl sites for hydroxylation is 2. The molecule has 1 aromatic carbocycles. The number of hydrogen-bond donors (Lipinski definition) is 2. The summed E-state index contributed by atoms with van der Waals surface area (Å²) in [5, 5.41) is 14.7. The molecule has 30 heavy (non-hydrogen) atoms. The minimum atomic E-state index is -0.268.